The van der Waals surface area contributed by atoms with E-state index in [-0.39, 0.29) is 6.10 Å². The minimum Gasteiger partial charge on any atom is -0.391 e. The van der Waals surface area contributed by atoms with Crippen LogP contribution in [0.15, 0.2) is 22.7 Å². The molecule has 1 heterocycles. The summed E-state index contributed by atoms with van der Waals surface area (Å²) in [5.41, 5.74) is 1.56. The number of piperidine rings is 1. The average molecular weight is 281 g/mol. The molecule has 0 aromatic heterocycles. The van der Waals surface area contributed by atoms with Gasteiger partial charge in [0.15, 0.2) is 0 Å². The van der Waals surface area contributed by atoms with Crippen LogP contribution in [0.2, 0.25) is 0 Å². The first kappa shape index (κ1) is 11.4. The van der Waals surface area contributed by atoms with Gasteiger partial charge >= 0.3 is 0 Å². The molecule has 1 atom stereocenters. The minimum absolute atomic E-state index is 0.278. The van der Waals surface area contributed by atoms with Crippen molar-refractivity contribution in [2.75, 3.05) is 18.0 Å². The molecule has 0 bridgehead atoms. The lowest BCUT2D eigenvalue weighted by Crippen LogP contribution is -2.38. The fourth-order valence-corrected chi connectivity index (χ4v) is 2.50. The van der Waals surface area contributed by atoms with Crippen LogP contribution in [-0.2, 0) is 0 Å². The maximum Gasteiger partial charge on any atom is 0.103 e. The average Bonchev–Trinajstić information content (AvgIpc) is 2.28. The van der Waals surface area contributed by atoms with Crippen molar-refractivity contribution < 1.29 is 5.11 Å². The highest BCUT2D eigenvalue weighted by molar-refractivity contribution is 9.10. The first-order valence-electron chi connectivity index (χ1n) is 5.34. The van der Waals surface area contributed by atoms with Crippen LogP contribution >= 0.6 is 15.9 Å². The Morgan fingerprint density at radius 1 is 1.50 bits per heavy atom. The van der Waals surface area contributed by atoms with Crippen LogP contribution in [0.3, 0.4) is 0 Å². The normalized spacial score (nSPS) is 20.6. The van der Waals surface area contributed by atoms with Gasteiger partial charge in [0.25, 0.3) is 0 Å². The molecule has 0 aliphatic carbocycles. The second kappa shape index (κ2) is 4.86. The molecule has 16 heavy (non-hydrogen) atoms. The van der Waals surface area contributed by atoms with Gasteiger partial charge in [0.05, 0.1) is 17.4 Å². The summed E-state index contributed by atoms with van der Waals surface area (Å²) in [7, 11) is 0. The number of anilines is 1. The van der Waals surface area contributed by atoms with E-state index < -0.39 is 0 Å². The van der Waals surface area contributed by atoms with Gasteiger partial charge in [-0.25, -0.2) is 0 Å². The Labute approximate surface area is 103 Å². The van der Waals surface area contributed by atoms with Gasteiger partial charge in [-0.05, 0) is 40.9 Å². The molecule has 0 saturated carbocycles. The number of halogens is 1. The molecule has 1 aromatic rings. The smallest absolute Gasteiger partial charge is 0.103 e. The van der Waals surface area contributed by atoms with Crippen LogP contribution in [0.5, 0.6) is 0 Å². The number of aliphatic hydroxyl groups excluding tert-OH is 1. The first-order valence-corrected chi connectivity index (χ1v) is 6.13. The van der Waals surface area contributed by atoms with E-state index in [1.165, 1.54) is 0 Å². The van der Waals surface area contributed by atoms with Gasteiger partial charge in [0.1, 0.15) is 6.07 Å². The molecule has 3 nitrogen and oxygen atoms in total. The third kappa shape index (κ3) is 2.21. The molecule has 1 N–H and O–H groups in total. The molecule has 1 aliphatic rings. The summed E-state index contributed by atoms with van der Waals surface area (Å²) in [6.07, 6.45) is 1.55. The zero-order valence-corrected chi connectivity index (χ0v) is 10.4. The number of rotatable bonds is 1. The number of hydrogen-bond donors (Lipinski definition) is 1. The zero-order valence-electron chi connectivity index (χ0n) is 8.86. The lowest BCUT2D eigenvalue weighted by atomic mass is 10.1. The molecular formula is C12H13BrN2O. The van der Waals surface area contributed by atoms with Crippen molar-refractivity contribution in [3.05, 3.63) is 28.2 Å². The van der Waals surface area contributed by atoms with Gasteiger partial charge < -0.3 is 10.0 Å². The van der Waals surface area contributed by atoms with Crippen molar-refractivity contribution in [1.82, 2.24) is 0 Å². The van der Waals surface area contributed by atoms with Gasteiger partial charge in [-0.1, -0.05) is 6.07 Å². The highest BCUT2D eigenvalue weighted by atomic mass is 79.9. The van der Waals surface area contributed by atoms with Gasteiger partial charge in [-0.15, -0.1) is 0 Å². The number of nitriles is 1. The maximum atomic E-state index is 9.64. The molecule has 84 valence electrons. The summed E-state index contributed by atoms with van der Waals surface area (Å²) in [6, 6.07) is 7.92. The maximum absolute atomic E-state index is 9.64. The number of β-amino-alcohol motifs (C(OH)–C–C–N with tert-alkyl or cyclic N) is 1. The lowest BCUT2D eigenvalue weighted by molar-refractivity contribution is 0.154. The zero-order chi connectivity index (χ0) is 11.5. The van der Waals surface area contributed by atoms with E-state index in [1.807, 2.05) is 18.2 Å². The molecule has 0 amide bonds. The van der Waals surface area contributed by atoms with Crippen LogP contribution < -0.4 is 4.90 Å². The fraction of sp³-hybridized carbons (Fsp3) is 0.417. The topological polar surface area (TPSA) is 47.3 Å². The molecule has 1 aromatic carbocycles. The van der Waals surface area contributed by atoms with E-state index in [9.17, 15) is 5.11 Å². The van der Waals surface area contributed by atoms with Gasteiger partial charge in [0.2, 0.25) is 0 Å². The Hall–Kier alpha value is -1.05. The Morgan fingerprint density at radius 2 is 2.31 bits per heavy atom. The van der Waals surface area contributed by atoms with Crippen molar-refractivity contribution in [3.8, 4) is 6.07 Å². The Bertz CT molecular complexity index is 428. The SMILES string of the molecule is N#Cc1c(Br)cccc1N1CCC[C@H](O)C1. The van der Waals surface area contributed by atoms with Gasteiger partial charge in [-0.2, -0.15) is 5.26 Å². The molecule has 1 saturated heterocycles. The second-order valence-corrected chi connectivity index (χ2v) is 4.84. The predicted octanol–water partition coefficient (Wildman–Crippen LogP) is 2.28. The number of benzene rings is 1. The molecule has 4 heteroatoms. The predicted molar refractivity (Wildman–Crippen MR) is 66.3 cm³/mol. The van der Waals surface area contributed by atoms with Crippen LogP contribution in [0, 0.1) is 11.3 Å². The Morgan fingerprint density at radius 3 is 3.00 bits per heavy atom. The number of nitrogens with zero attached hydrogens (tertiary/aromatic N) is 2. The number of hydrogen-bond acceptors (Lipinski definition) is 3. The molecule has 1 aliphatic heterocycles. The minimum atomic E-state index is -0.278. The standard InChI is InChI=1S/C12H13BrN2O/c13-11-4-1-5-12(10(11)7-14)15-6-2-3-9(16)8-15/h1,4-5,9,16H,2-3,6,8H2/t9-/m0/s1. The van der Waals surface area contributed by atoms with E-state index in [0.717, 1.165) is 29.5 Å². The fourth-order valence-electron chi connectivity index (χ4n) is 2.06. The first-order chi connectivity index (χ1) is 7.72. The van der Waals surface area contributed by atoms with Gasteiger partial charge in [0, 0.05) is 17.6 Å². The van der Waals surface area contributed by atoms with Crippen LogP contribution in [-0.4, -0.2) is 24.3 Å². The van der Waals surface area contributed by atoms with Crippen LogP contribution in [0.1, 0.15) is 18.4 Å². The van der Waals surface area contributed by atoms with E-state index in [2.05, 4.69) is 26.9 Å². The molecule has 0 unspecified atom stereocenters. The monoisotopic (exact) mass is 280 g/mol. The molecule has 1 fully saturated rings. The molecule has 0 radical (unpaired) electrons. The van der Waals surface area contributed by atoms with Crippen molar-refractivity contribution in [2.24, 2.45) is 0 Å². The van der Waals surface area contributed by atoms with Gasteiger partial charge in [-0.3, -0.25) is 0 Å². The second-order valence-electron chi connectivity index (χ2n) is 3.99. The third-order valence-electron chi connectivity index (χ3n) is 2.84. The molecule has 2 rings (SSSR count). The van der Waals surface area contributed by atoms with Crippen LogP contribution in [0.4, 0.5) is 5.69 Å². The highest BCUT2D eigenvalue weighted by Gasteiger charge is 2.20. The summed E-state index contributed by atoms with van der Waals surface area (Å²) in [5, 5.41) is 18.8. The highest BCUT2D eigenvalue weighted by Crippen LogP contribution is 2.29. The summed E-state index contributed by atoms with van der Waals surface area (Å²) in [5.74, 6) is 0. The van der Waals surface area contributed by atoms with E-state index >= 15 is 0 Å². The Kier molecular flexibility index (Phi) is 3.47. The molecule has 0 spiro atoms. The van der Waals surface area contributed by atoms with Crippen molar-refractivity contribution in [3.63, 3.8) is 0 Å². The van der Waals surface area contributed by atoms with E-state index in [4.69, 9.17) is 5.26 Å². The van der Waals surface area contributed by atoms with Crippen molar-refractivity contribution >= 4 is 21.6 Å². The van der Waals surface area contributed by atoms with Crippen molar-refractivity contribution in [2.45, 2.75) is 18.9 Å². The van der Waals surface area contributed by atoms with E-state index in [1.54, 1.807) is 0 Å². The number of aliphatic hydroxyl groups is 1. The summed E-state index contributed by atoms with van der Waals surface area (Å²) >= 11 is 3.38. The quantitative estimate of drug-likeness (QED) is 0.859. The summed E-state index contributed by atoms with van der Waals surface area (Å²) in [4.78, 5) is 2.08. The van der Waals surface area contributed by atoms with E-state index in [0.29, 0.717) is 12.1 Å². The lowest BCUT2D eigenvalue weighted by Gasteiger charge is -2.32. The third-order valence-corrected chi connectivity index (χ3v) is 3.50. The summed E-state index contributed by atoms with van der Waals surface area (Å²) < 4.78 is 0.813. The largest absolute Gasteiger partial charge is 0.391 e. The van der Waals surface area contributed by atoms with Crippen molar-refractivity contribution in [1.29, 1.82) is 5.26 Å². The molecular weight excluding hydrogens is 268 g/mol. The Balaban J connectivity index is 2.33. The van der Waals surface area contributed by atoms with Crippen LogP contribution in [0.25, 0.3) is 0 Å². The summed E-state index contributed by atoms with van der Waals surface area (Å²) in [6.45, 7) is 1.52.